The Morgan fingerprint density at radius 3 is 2.83 bits per heavy atom. The lowest BCUT2D eigenvalue weighted by Gasteiger charge is -2.05. The smallest absolute Gasteiger partial charge is 0.276 e. The van der Waals surface area contributed by atoms with Gasteiger partial charge in [0.25, 0.3) is 5.91 Å². The first-order valence-corrected chi connectivity index (χ1v) is 7.02. The number of carbonyl (C=O) groups is 1. The van der Waals surface area contributed by atoms with Crippen LogP contribution >= 0.6 is 0 Å². The predicted octanol–water partition coefficient (Wildman–Crippen LogP) is 2.60. The Balaban J connectivity index is 1.63. The molecule has 0 fully saturated rings. The Morgan fingerprint density at radius 2 is 1.96 bits per heavy atom. The number of hydrogen-bond donors (Lipinski definition) is 3. The number of para-hydroxylation sites is 1. The van der Waals surface area contributed by atoms with Crippen molar-refractivity contribution in [2.24, 2.45) is 0 Å². The minimum Gasteiger partial charge on any atom is -0.321 e. The number of benzene rings is 2. The summed E-state index contributed by atoms with van der Waals surface area (Å²) >= 11 is 0. The van der Waals surface area contributed by atoms with Gasteiger partial charge in [0, 0.05) is 16.6 Å². The van der Waals surface area contributed by atoms with Crippen molar-refractivity contribution in [2.75, 3.05) is 5.32 Å². The molecular weight excluding hydrogens is 292 g/mol. The summed E-state index contributed by atoms with van der Waals surface area (Å²) in [5.41, 5.74) is 3.44. The molecular formula is C16H12N6O. The Kier molecular flexibility index (Phi) is 3.09. The standard InChI is InChI=1S/C16H12N6O/c23-16(15-12-6-1-2-7-13(12)19-21-15)18-11-5-3-4-10(8-11)14-9-17-22-20-14/h1-9H,(H,18,23)(H,19,21)(H,17,20,22). The summed E-state index contributed by atoms with van der Waals surface area (Å²) in [5, 5.41) is 21.0. The summed E-state index contributed by atoms with van der Waals surface area (Å²) in [6.07, 6.45) is 1.63. The molecule has 2 aromatic heterocycles. The first-order chi connectivity index (χ1) is 11.3. The van der Waals surface area contributed by atoms with Gasteiger partial charge in [-0.15, -0.1) is 0 Å². The van der Waals surface area contributed by atoms with Crippen molar-refractivity contribution in [3.63, 3.8) is 0 Å². The summed E-state index contributed by atoms with van der Waals surface area (Å²) in [4.78, 5) is 12.5. The molecule has 7 heteroatoms. The highest BCUT2D eigenvalue weighted by Gasteiger charge is 2.14. The van der Waals surface area contributed by atoms with E-state index in [0.29, 0.717) is 17.1 Å². The molecule has 3 N–H and O–H groups in total. The highest BCUT2D eigenvalue weighted by molar-refractivity contribution is 6.11. The Labute approximate surface area is 130 Å². The van der Waals surface area contributed by atoms with Crippen LogP contribution in [0, 0.1) is 0 Å². The van der Waals surface area contributed by atoms with Gasteiger partial charge in [0.15, 0.2) is 5.69 Å². The van der Waals surface area contributed by atoms with Gasteiger partial charge in [0.05, 0.1) is 11.7 Å². The molecule has 2 heterocycles. The SMILES string of the molecule is O=C(Nc1cccc(-c2cn[nH]n2)c1)c1n[nH]c2ccccc12. The number of hydrogen-bond acceptors (Lipinski definition) is 4. The predicted molar refractivity (Wildman–Crippen MR) is 85.9 cm³/mol. The van der Waals surface area contributed by atoms with Crippen molar-refractivity contribution in [1.29, 1.82) is 0 Å². The molecule has 2 aromatic carbocycles. The van der Waals surface area contributed by atoms with E-state index in [9.17, 15) is 4.79 Å². The third kappa shape index (κ3) is 2.44. The molecule has 7 nitrogen and oxygen atoms in total. The van der Waals surface area contributed by atoms with Gasteiger partial charge < -0.3 is 5.32 Å². The van der Waals surface area contributed by atoms with E-state index in [0.717, 1.165) is 16.5 Å². The number of H-pyrrole nitrogens is 2. The maximum absolute atomic E-state index is 12.5. The summed E-state index contributed by atoms with van der Waals surface area (Å²) in [7, 11) is 0. The van der Waals surface area contributed by atoms with Crippen LogP contribution in [0.4, 0.5) is 5.69 Å². The topological polar surface area (TPSA) is 99.3 Å². The van der Waals surface area contributed by atoms with Gasteiger partial charge in [0.1, 0.15) is 5.69 Å². The molecule has 0 spiro atoms. The van der Waals surface area contributed by atoms with E-state index >= 15 is 0 Å². The normalized spacial score (nSPS) is 10.8. The lowest BCUT2D eigenvalue weighted by atomic mass is 10.1. The molecule has 0 radical (unpaired) electrons. The third-order valence-corrected chi connectivity index (χ3v) is 3.52. The zero-order valence-corrected chi connectivity index (χ0v) is 11.9. The summed E-state index contributed by atoms with van der Waals surface area (Å²) in [5.74, 6) is -0.264. The van der Waals surface area contributed by atoms with Crippen LogP contribution in [0.1, 0.15) is 10.5 Å². The zero-order chi connectivity index (χ0) is 15.6. The fraction of sp³-hybridized carbons (Fsp3) is 0. The van der Waals surface area contributed by atoms with Crippen LogP contribution in [0.3, 0.4) is 0 Å². The average molecular weight is 304 g/mol. The maximum Gasteiger partial charge on any atom is 0.276 e. The zero-order valence-electron chi connectivity index (χ0n) is 11.9. The minimum absolute atomic E-state index is 0.264. The summed E-state index contributed by atoms with van der Waals surface area (Å²) in [6.45, 7) is 0. The van der Waals surface area contributed by atoms with E-state index in [1.807, 2.05) is 48.5 Å². The molecule has 112 valence electrons. The number of fused-ring (bicyclic) bond motifs is 1. The van der Waals surface area contributed by atoms with Gasteiger partial charge in [-0.3, -0.25) is 9.89 Å². The second-order valence-corrected chi connectivity index (χ2v) is 5.01. The molecule has 0 saturated carbocycles. The average Bonchev–Trinajstić information content (AvgIpc) is 3.25. The lowest BCUT2D eigenvalue weighted by molar-refractivity contribution is 0.102. The van der Waals surface area contributed by atoms with Crippen molar-refractivity contribution in [3.8, 4) is 11.3 Å². The second-order valence-electron chi connectivity index (χ2n) is 5.01. The number of rotatable bonds is 3. The third-order valence-electron chi connectivity index (χ3n) is 3.52. The molecule has 1 amide bonds. The molecule has 4 aromatic rings. The minimum atomic E-state index is -0.264. The van der Waals surface area contributed by atoms with Crippen molar-refractivity contribution in [1.82, 2.24) is 25.6 Å². The van der Waals surface area contributed by atoms with Crippen molar-refractivity contribution in [3.05, 3.63) is 60.4 Å². The Bertz CT molecular complexity index is 973. The van der Waals surface area contributed by atoms with Crippen LogP contribution in [-0.4, -0.2) is 31.5 Å². The second kappa shape index (κ2) is 5.38. The number of nitrogens with one attached hydrogen (secondary N) is 3. The van der Waals surface area contributed by atoms with E-state index in [1.54, 1.807) is 6.20 Å². The van der Waals surface area contributed by atoms with E-state index in [4.69, 9.17) is 0 Å². The quantitative estimate of drug-likeness (QED) is 0.541. The summed E-state index contributed by atoms with van der Waals surface area (Å²) in [6, 6.07) is 14.9. The number of nitrogens with zero attached hydrogens (tertiary/aromatic N) is 3. The van der Waals surface area contributed by atoms with Gasteiger partial charge in [-0.05, 0) is 18.2 Å². The highest BCUT2D eigenvalue weighted by atomic mass is 16.1. The largest absolute Gasteiger partial charge is 0.321 e. The highest BCUT2D eigenvalue weighted by Crippen LogP contribution is 2.21. The molecule has 0 aliphatic heterocycles. The molecule has 23 heavy (non-hydrogen) atoms. The van der Waals surface area contributed by atoms with Crippen LogP contribution in [0.2, 0.25) is 0 Å². The number of aromatic nitrogens is 5. The fourth-order valence-electron chi connectivity index (χ4n) is 2.42. The molecule has 0 atom stereocenters. The Morgan fingerprint density at radius 1 is 1.04 bits per heavy atom. The monoisotopic (exact) mass is 304 g/mol. The molecule has 0 aliphatic rings. The van der Waals surface area contributed by atoms with E-state index in [-0.39, 0.29) is 5.91 Å². The van der Waals surface area contributed by atoms with E-state index in [2.05, 4.69) is 30.9 Å². The fourth-order valence-corrected chi connectivity index (χ4v) is 2.42. The van der Waals surface area contributed by atoms with Gasteiger partial charge >= 0.3 is 0 Å². The molecule has 4 rings (SSSR count). The summed E-state index contributed by atoms with van der Waals surface area (Å²) < 4.78 is 0. The van der Waals surface area contributed by atoms with Gasteiger partial charge in [-0.2, -0.15) is 20.5 Å². The van der Waals surface area contributed by atoms with Gasteiger partial charge in [-0.1, -0.05) is 30.3 Å². The van der Waals surface area contributed by atoms with Crippen LogP contribution in [0.5, 0.6) is 0 Å². The van der Waals surface area contributed by atoms with Crippen molar-refractivity contribution in [2.45, 2.75) is 0 Å². The Hall–Kier alpha value is -3.48. The van der Waals surface area contributed by atoms with Crippen LogP contribution < -0.4 is 5.32 Å². The maximum atomic E-state index is 12.5. The van der Waals surface area contributed by atoms with Crippen molar-refractivity contribution < 1.29 is 4.79 Å². The van der Waals surface area contributed by atoms with E-state index in [1.165, 1.54) is 0 Å². The number of anilines is 1. The van der Waals surface area contributed by atoms with E-state index < -0.39 is 0 Å². The first kappa shape index (κ1) is 13.2. The molecule has 0 saturated heterocycles. The van der Waals surface area contributed by atoms with Gasteiger partial charge in [0.2, 0.25) is 0 Å². The number of aromatic amines is 2. The molecule has 0 unspecified atom stereocenters. The van der Waals surface area contributed by atoms with Crippen LogP contribution in [-0.2, 0) is 0 Å². The van der Waals surface area contributed by atoms with Crippen LogP contribution in [0.25, 0.3) is 22.2 Å². The molecule has 0 bridgehead atoms. The van der Waals surface area contributed by atoms with Gasteiger partial charge in [-0.25, -0.2) is 0 Å². The van der Waals surface area contributed by atoms with Crippen molar-refractivity contribution >= 4 is 22.5 Å². The number of amides is 1. The lowest BCUT2D eigenvalue weighted by Crippen LogP contribution is -2.12. The van der Waals surface area contributed by atoms with Crippen LogP contribution in [0.15, 0.2) is 54.7 Å². The molecule has 0 aliphatic carbocycles. The first-order valence-electron chi connectivity index (χ1n) is 7.02. The number of carbonyl (C=O) groups excluding carboxylic acids is 1.